The number of aromatic nitrogens is 2. The molecule has 3 N–H and O–H groups in total. The Labute approximate surface area is 182 Å². The fraction of sp³-hybridized carbons (Fsp3) is 0.238. The van der Waals surface area contributed by atoms with Gasteiger partial charge in [-0.15, -0.1) is 13.2 Å². The van der Waals surface area contributed by atoms with Crippen LogP contribution in [-0.4, -0.2) is 34.1 Å². The maximum Gasteiger partial charge on any atom is 0.573 e. The Balaban J connectivity index is 2.01. The highest BCUT2D eigenvalue weighted by atomic mass is 35.5. The third kappa shape index (κ3) is 6.47. The van der Waals surface area contributed by atoms with Crippen molar-refractivity contribution in [2.45, 2.75) is 26.3 Å². The van der Waals surface area contributed by atoms with Crippen molar-refractivity contribution in [3.05, 3.63) is 59.1 Å². The van der Waals surface area contributed by atoms with Crippen LogP contribution in [0.2, 0.25) is 5.02 Å². The summed E-state index contributed by atoms with van der Waals surface area (Å²) in [6.45, 7) is 3.48. The van der Waals surface area contributed by atoms with Gasteiger partial charge in [0.25, 0.3) is 0 Å². The molecular weight excluding hydrogens is 433 g/mol. The van der Waals surface area contributed by atoms with E-state index in [1.54, 1.807) is 31.2 Å². The van der Waals surface area contributed by atoms with E-state index in [9.17, 15) is 18.3 Å². The number of hydrogen-bond donors (Lipinski definition) is 3. The van der Waals surface area contributed by atoms with Gasteiger partial charge in [-0.25, -0.2) is 4.98 Å². The Bertz CT molecular complexity index is 1060. The lowest BCUT2D eigenvalue weighted by Crippen LogP contribution is -2.21. The van der Waals surface area contributed by atoms with Gasteiger partial charge in [-0.2, -0.15) is 4.98 Å². The van der Waals surface area contributed by atoms with Crippen LogP contribution < -0.4 is 15.4 Å². The highest BCUT2D eigenvalue weighted by Crippen LogP contribution is 2.30. The second-order valence-electron chi connectivity index (χ2n) is 6.85. The van der Waals surface area contributed by atoms with Gasteiger partial charge in [0.1, 0.15) is 11.6 Å². The average molecular weight is 453 g/mol. The zero-order chi connectivity index (χ0) is 22.6. The van der Waals surface area contributed by atoms with E-state index in [0.717, 1.165) is 5.56 Å². The van der Waals surface area contributed by atoms with Crippen molar-refractivity contribution < 1.29 is 23.0 Å². The lowest BCUT2D eigenvalue weighted by Gasteiger charge is -2.16. The summed E-state index contributed by atoms with van der Waals surface area (Å²) >= 11 is 6.08. The molecule has 1 aromatic heterocycles. The number of aliphatic hydroxyl groups excluding tert-OH is 1. The summed E-state index contributed by atoms with van der Waals surface area (Å²) in [4.78, 5) is 8.77. The molecule has 0 aliphatic rings. The van der Waals surface area contributed by atoms with Gasteiger partial charge < -0.3 is 20.5 Å². The van der Waals surface area contributed by atoms with Crippen LogP contribution in [0.15, 0.2) is 48.5 Å². The molecule has 0 saturated carbocycles. The smallest absolute Gasteiger partial charge is 0.406 e. The lowest BCUT2D eigenvalue weighted by molar-refractivity contribution is -0.274. The average Bonchev–Trinajstić information content (AvgIpc) is 2.69. The zero-order valence-electron chi connectivity index (χ0n) is 16.7. The van der Waals surface area contributed by atoms with Crippen molar-refractivity contribution in [1.29, 1.82) is 0 Å². The molecule has 0 bridgehead atoms. The van der Waals surface area contributed by atoms with Crippen LogP contribution in [0.3, 0.4) is 0 Å². The molecule has 6 nitrogen and oxygen atoms in total. The molecule has 0 saturated heterocycles. The van der Waals surface area contributed by atoms with E-state index in [1.807, 2.05) is 13.0 Å². The van der Waals surface area contributed by atoms with Gasteiger partial charge in [-0.1, -0.05) is 29.8 Å². The molecule has 3 rings (SSSR count). The SMILES string of the molecule is Cc1ccc(Cl)cc1Nc1cc(-c2cccc(OC(F)(F)F)c2)nc(N[C@@H](C)CO)n1. The fourth-order valence-corrected chi connectivity index (χ4v) is 2.88. The third-order valence-corrected chi connectivity index (χ3v) is 4.44. The zero-order valence-corrected chi connectivity index (χ0v) is 17.4. The molecule has 1 heterocycles. The molecule has 0 amide bonds. The van der Waals surface area contributed by atoms with Gasteiger partial charge in [0.15, 0.2) is 0 Å². The van der Waals surface area contributed by atoms with Crippen LogP contribution in [0.5, 0.6) is 5.75 Å². The van der Waals surface area contributed by atoms with E-state index in [0.29, 0.717) is 27.8 Å². The molecular formula is C21H20ClF3N4O2. The number of hydrogen-bond acceptors (Lipinski definition) is 6. The molecule has 10 heteroatoms. The summed E-state index contributed by atoms with van der Waals surface area (Å²) in [7, 11) is 0. The Morgan fingerprint density at radius 1 is 1.13 bits per heavy atom. The van der Waals surface area contributed by atoms with Crippen LogP contribution in [-0.2, 0) is 0 Å². The first kappa shape index (κ1) is 22.6. The van der Waals surface area contributed by atoms with Crippen molar-refractivity contribution in [2.75, 3.05) is 17.2 Å². The maximum atomic E-state index is 12.6. The Kier molecular flexibility index (Phi) is 6.87. The van der Waals surface area contributed by atoms with Crippen LogP contribution in [0.4, 0.5) is 30.6 Å². The van der Waals surface area contributed by atoms with Gasteiger partial charge >= 0.3 is 6.36 Å². The summed E-state index contributed by atoms with van der Waals surface area (Å²) in [5, 5.41) is 16.0. The summed E-state index contributed by atoms with van der Waals surface area (Å²) in [6.07, 6.45) is -4.80. The van der Waals surface area contributed by atoms with E-state index < -0.39 is 6.36 Å². The molecule has 2 aromatic carbocycles. The highest BCUT2D eigenvalue weighted by Gasteiger charge is 2.31. The number of ether oxygens (including phenoxy) is 1. The van der Waals surface area contributed by atoms with Crippen molar-refractivity contribution >= 4 is 29.1 Å². The summed E-state index contributed by atoms with van der Waals surface area (Å²) in [6, 6.07) is 12.1. The number of nitrogens with one attached hydrogen (secondary N) is 2. The second-order valence-corrected chi connectivity index (χ2v) is 7.29. The quantitative estimate of drug-likeness (QED) is 0.437. The van der Waals surface area contributed by atoms with E-state index in [2.05, 4.69) is 25.3 Å². The largest absolute Gasteiger partial charge is 0.573 e. The Morgan fingerprint density at radius 3 is 2.61 bits per heavy atom. The number of benzene rings is 2. The predicted molar refractivity (Wildman–Crippen MR) is 114 cm³/mol. The molecule has 0 spiro atoms. The number of aliphatic hydroxyl groups is 1. The van der Waals surface area contributed by atoms with Gasteiger partial charge in [0.2, 0.25) is 5.95 Å². The number of aryl methyl sites for hydroxylation is 1. The summed E-state index contributed by atoms with van der Waals surface area (Å²) in [5.41, 5.74) is 2.39. The van der Waals surface area contributed by atoms with Crippen molar-refractivity contribution in [1.82, 2.24) is 9.97 Å². The molecule has 0 aliphatic heterocycles. The first-order chi connectivity index (χ1) is 14.6. The van der Waals surface area contributed by atoms with Gasteiger partial charge in [-0.05, 0) is 43.7 Å². The topological polar surface area (TPSA) is 79.3 Å². The summed E-state index contributed by atoms with van der Waals surface area (Å²) < 4.78 is 41.8. The molecule has 31 heavy (non-hydrogen) atoms. The Hall–Kier alpha value is -3.04. The van der Waals surface area contributed by atoms with E-state index in [-0.39, 0.29) is 24.3 Å². The van der Waals surface area contributed by atoms with Crippen molar-refractivity contribution in [3.63, 3.8) is 0 Å². The Morgan fingerprint density at radius 2 is 1.90 bits per heavy atom. The van der Waals surface area contributed by atoms with Gasteiger partial charge in [0, 0.05) is 28.4 Å². The van der Waals surface area contributed by atoms with E-state index >= 15 is 0 Å². The van der Waals surface area contributed by atoms with E-state index in [1.165, 1.54) is 18.2 Å². The standard InChI is InChI=1S/C21H20ClF3N4O2/c1-12-6-7-15(22)9-17(12)27-19-10-18(28-20(29-19)26-13(2)11-30)14-4-3-5-16(8-14)31-21(23,24)25/h3-10,13,30H,11H2,1-2H3,(H2,26,27,28,29)/t13-/m0/s1. The summed E-state index contributed by atoms with van der Waals surface area (Å²) in [5.74, 6) is 0.232. The number of anilines is 3. The van der Waals surface area contributed by atoms with Crippen LogP contribution >= 0.6 is 11.6 Å². The number of nitrogens with zero attached hydrogens (tertiary/aromatic N) is 2. The number of rotatable bonds is 7. The molecule has 0 unspecified atom stereocenters. The highest BCUT2D eigenvalue weighted by molar-refractivity contribution is 6.30. The minimum absolute atomic E-state index is 0.154. The van der Waals surface area contributed by atoms with Crippen molar-refractivity contribution in [3.8, 4) is 17.0 Å². The molecule has 1 atom stereocenters. The minimum atomic E-state index is -4.80. The normalized spacial score (nSPS) is 12.4. The maximum absolute atomic E-state index is 12.6. The van der Waals surface area contributed by atoms with Gasteiger partial charge in [-0.3, -0.25) is 0 Å². The first-order valence-corrected chi connectivity index (χ1v) is 9.66. The van der Waals surface area contributed by atoms with Crippen LogP contribution in [0.1, 0.15) is 12.5 Å². The third-order valence-electron chi connectivity index (χ3n) is 4.20. The minimum Gasteiger partial charge on any atom is -0.406 e. The molecule has 164 valence electrons. The molecule has 0 fully saturated rings. The lowest BCUT2D eigenvalue weighted by atomic mass is 10.1. The predicted octanol–water partition coefficient (Wildman–Crippen LogP) is 5.54. The number of halogens is 4. The van der Waals surface area contributed by atoms with Crippen LogP contribution in [0.25, 0.3) is 11.3 Å². The fourth-order valence-electron chi connectivity index (χ4n) is 2.71. The molecule has 0 aliphatic carbocycles. The first-order valence-electron chi connectivity index (χ1n) is 9.29. The molecule has 3 aromatic rings. The van der Waals surface area contributed by atoms with E-state index in [4.69, 9.17) is 11.6 Å². The molecule has 0 radical (unpaired) electrons. The number of alkyl halides is 3. The van der Waals surface area contributed by atoms with Crippen molar-refractivity contribution in [2.24, 2.45) is 0 Å². The monoisotopic (exact) mass is 452 g/mol. The van der Waals surface area contributed by atoms with Gasteiger partial charge in [0.05, 0.1) is 12.3 Å². The van der Waals surface area contributed by atoms with Crippen LogP contribution in [0, 0.1) is 6.92 Å². The second kappa shape index (κ2) is 9.40.